The van der Waals surface area contributed by atoms with E-state index in [1.165, 1.54) is 0 Å². The highest BCUT2D eigenvalue weighted by Gasteiger charge is 2.10. The first kappa shape index (κ1) is 11.9. The van der Waals surface area contributed by atoms with Gasteiger partial charge in [0, 0.05) is 17.3 Å². The molecule has 1 aromatic carbocycles. The first-order valence-corrected chi connectivity index (χ1v) is 5.11. The number of hydrogen-bond acceptors (Lipinski definition) is 2. The molecule has 2 N–H and O–H groups in total. The monoisotopic (exact) mass is 227 g/mol. The van der Waals surface area contributed by atoms with Gasteiger partial charge in [-0.1, -0.05) is 18.5 Å². The summed E-state index contributed by atoms with van der Waals surface area (Å²) in [5, 5.41) is 12.5. The number of carbonyl (C=O) groups is 1. The summed E-state index contributed by atoms with van der Waals surface area (Å²) in [6, 6.07) is 5.48. The summed E-state index contributed by atoms with van der Waals surface area (Å²) in [5.74, 6) is -1.20. The third-order valence-electron chi connectivity index (χ3n) is 2.21. The van der Waals surface area contributed by atoms with Gasteiger partial charge in [-0.3, -0.25) is 4.79 Å². The fourth-order valence-electron chi connectivity index (χ4n) is 1.18. The van der Waals surface area contributed by atoms with Crippen LogP contribution >= 0.6 is 11.6 Å². The second kappa shape index (κ2) is 5.03. The van der Waals surface area contributed by atoms with Crippen molar-refractivity contribution in [3.63, 3.8) is 0 Å². The average molecular weight is 228 g/mol. The van der Waals surface area contributed by atoms with E-state index in [1.54, 1.807) is 13.0 Å². The van der Waals surface area contributed by atoms with E-state index in [-0.39, 0.29) is 0 Å². The summed E-state index contributed by atoms with van der Waals surface area (Å²) in [6.07, 6.45) is 0. The van der Waals surface area contributed by atoms with Crippen LogP contribution in [0.25, 0.3) is 0 Å². The number of rotatable bonds is 4. The van der Waals surface area contributed by atoms with E-state index >= 15 is 0 Å². The van der Waals surface area contributed by atoms with Gasteiger partial charge in [-0.15, -0.1) is 0 Å². The molecule has 4 heteroatoms. The van der Waals surface area contributed by atoms with Crippen molar-refractivity contribution in [2.75, 3.05) is 11.9 Å². The van der Waals surface area contributed by atoms with Gasteiger partial charge in [0.15, 0.2) is 0 Å². The Labute approximate surface area is 94.1 Å². The molecule has 1 unspecified atom stereocenters. The SMILES string of the molecule is Cc1cc(Cl)ccc1NCC(C)C(=O)O. The maximum atomic E-state index is 10.6. The number of carboxylic acids is 1. The summed E-state index contributed by atoms with van der Waals surface area (Å²) < 4.78 is 0. The maximum absolute atomic E-state index is 10.6. The Morgan fingerprint density at radius 1 is 1.60 bits per heavy atom. The van der Waals surface area contributed by atoms with Crippen molar-refractivity contribution in [3.05, 3.63) is 28.8 Å². The van der Waals surface area contributed by atoms with Gasteiger partial charge in [-0.2, -0.15) is 0 Å². The first-order chi connectivity index (χ1) is 7.00. The van der Waals surface area contributed by atoms with Crippen LogP contribution < -0.4 is 5.32 Å². The molecule has 0 bridgehead atoms. The molecule has 3 nitrogen and oxygen atoms in total. The quantitative estimate of drug-likeness (QED) is 0.832. The molecule has 1 rings (SSSR count). The molecule has 82 valence electrons. The Bertz CT molecular complexity index is 366. The van der Waals surface area contributed by atoms with E-state index < -0.39 is 11.9 Å². The molecule has 0 aromatic heterocycles. The van der Waals surface area contributed by atoms with Crippen molar-refractivity contribution in [1.29, 1.82) is 0 Å². The van der Waals surface area contributed by atoms with E-state index in [1.807, 2.05) is 19.1 Å². The minimum Gasteiger partial charge on any atom is -0.481 e. The molecule has 0 amide bonds. The number of benzene rings is 1. The summed E-state index contributed by atoms with van der Waals surface area (Å²) in [6.45, 7) is 4.01. The fourth-order valence-corrected chi connectivity index (χ4v) is 1.40. The molecule has 1 atom stereocenters. The van der Waals surface area contributed by atoms with Crippen LogP contribution in [0.15, 0.2) is 18.2 Å². The van der Waals surface area contributed by atoms with Gasteiger partial charge in [0.2, 0.25) is 0 Å². The van der Waals surface area contributed by atoms with E-state index in [0.717, 1.165) is 11.3 Å². The third kappa shape index (κ3) is 3.44. The van der Waals surface area contributed by atoms with Crippen LogP contribution in [0.1, 0.15) is 12.5 Å². The second-order valence-electron chi connectivity index (χ2n) is 3.58. The zero-order valence-corrected chi connectivity index (χ0v) is 9.51. The topological polar surface area (TPSA) is 49.3 Å². The highest BCUT2D eigenvalue weighted by atomic mass is 35.5. The van der Waals surface area contributed by atoms with Crippen molar-refractivity contribution in [2.45, 2.75) is 13.8 Å². The smallest absolute Gasteiger partial charge is 0.308 e. The van der Waals surface area contributed by atoms with E-state index in [0.29, 0.717) is 11.6 Å². The number of carboxylic acid groups (broad SMARTS) is 1. The molecular formula is C11H14ClNO2. The van der Waals surface area contributed by atoms with Crippen molar-refractivity contribution < 1.29 is 9.90 Å². The molecule has 15 heavy (non-hydrogen) atoms. The Morgan fingerprint density at radius 2 is 2.27 bits per heavy atom. The third-order valence-corrected chi connectivity index (χ3v) is 2.44. The standard InChI is InChI=1S/C11H14ClNO2/c1-7-5-9(12)3-4-10(7)13-6-8(2)11(14)15/h3-5,8,13H,6H2,1-2H3,(H,14,15). The van der Waals surface area contributed by atoms with Gasteiger partial charge in [0.25, 0.3) is 0 Å². The van der Waals surface area contributed by atoms with Crippen LogP contribution in [0.4, 0.5) is 5.69 Å². The lowest BCUT2D eigenvalue weighted by molar-refractivity contribution is -0.140. The van der Waals surface area contributed by atoms with E-state index in [2.05, 4.69) is 5.32 Å². The van der Waals surface area contributed by atoms with Gasteiger partial charge in [0.05, 0.1) is 5.92 Å². The van der Waals surface area contributed by atoms with Crippen LogP contribution in [0.3, 0.4) is 0 Å². The zero-order valence-electron chi connectivity index (χ0n) is 8.75. The second-order valence-corrected chi connectivity index (χ2v) is 4.02. The lowest BCUT2D eigenvalue weighted by Gasteiger charge is -2.11. The highest BCUT2D eigenvalue weighted by Crippen LogP contribution is 2.19. The number of hydrogen-bond donors (Lipinski definition) is 2. The van der Waals surface area contributed by atoms with Crippen molar-refractivity contribution in [3.8, 4) is 0 Å². The predicted octanol–water partition coefficient (Wildman–Crippen LogP) is 2.78. The number of anilines is 1. The Kier molecular flexibility index (Phi) is 3.97. The van der Waals surface area contributed by atoms with Crippen LogP contribution in [-0.4, -0.2) is 17.6 Å². The van der Waals surface area contributed by atoms with Crippen molar-refractivity contribution in [2.24, 2.45) is 5.92 Å². The molecule has 0 radical (unpaired) electrons. The van der Waals surface area contributed by atoms with E-state index in [4.69, 9.17) is 16.7 Å². The fraction of sp³-hybridized carbons (Fsp3) is 0.364. The largest absolute Gasteiger partial charge is 0.481 e. The lowest BCUT2D eigenvalue weighted by Crippen LogP contribution is -2.19. The zero-order chi connectivity index (χ0) is 11.4. The molecule has 0 aliphatic rings. The minimum absolute atomic E-state index is 0.403. The minimum atomic E-state index is -0.797. The van der Waals surface area contributed by atoms with Crippen LogP contribution in [0.5, 0.6) is 0 Å². The molecule has 0 fully saturated rings. The summed E-state index contributed by atoms with van der Waals surface area (Å²) in [4.78, 5) is 10.6. The average Bonchev–Trinajstić information content (AvgIpc) is 2.15. The number of aryl methyl sites for hydroxylation is 1. The molecule has 0 heterocycles. The number of nitrogens with one attached hydrogen (secondary N) is 1. The molecule has 0 aliphatic carbocycles. The molecule has 0 saturated carbocycles. The highest BCUT2D eigenvalue weighted by molar-refractivity contribution is 6.30. The van der Waals surface area contributed by atoms with Crippen molar-refractivity contribution in [1.82, 2.24) is 0 Å². The van der Waals surface area contributed by atoms with Gasteiger partial charge in [-0.05, 0) is 30.7 Å². The molecule has 0 spiro atoms. The summed E-state index contributed by atoms with van der Waals surface area (Å²) in [7, 11) is 0. The first-order valence-electron chi connectivity index (χ1n) is 4.73. The predicted molar refractivity (Wildman–Crippen MR) is 61.5 cm³/mol. The van der Waals surface area contributed by atoms with Gasteiger partial charge in [0.1, 0.15) is 0 Å². The molecular weight excluding hydrogens is 214 g/mol. The molecule has 0 aliphatic heterocycles. The Balaban J connectivity index is 2.62. The normalized spacial score (nSPS) is 12.2. The van der Waals surface area contributed by atoms with Gasteiger partial charge < -0.3 is 10.4 Å². The van der Waals surface area contributed by atoms with Gasteiger partial charge in [-0.25, -0.2) is 0 Å². The van der Waals surface area contributed by atoms with E-state index in [9.17, 15) is 4.79 Å². The Hall–Kier alpha value is -1.22. The maximum Gasteiger partial charge on any atom is 0.308 e. The number of halogens is 1. The number of aliphatic carboxylic acids is 1. The van der Waals surface area contributed by atoms with Crippen LogP contribution in [-0.2, 0) is 4.79 Å². The lowest BCUT2D eigenvalue weighted by atomic mass is 10.1. The summed E-state index contributed by atoms with van der Waals surface area (Å²) in [5.41, 5.74) is 1.94. The van der Waals surface area contributed by atoms with Crippen LogP contribution in [0.2, 0.25) is 5.02 Å². The van der Waals surface area contributed by atoms with Crippen LogP contribution in [0, 0.1) is 12.8 Å². The molecule has 0 saturated heterocycles. The van der Waals surface area contributed by atoms with Crippen molar-refractivity contribution >= 4 is 23.3 Å². The van der Waals surface area contributed by atoms with Gasteiger partial charge >= 0.3 is 5.97 Å². The summed E-state index contributed by atoms with van der Waals surface area (Å²) >= 11 is 5.81. The Morgan fingerprint density at radius 3 is 2.80 bits per heavy atom. The molecule has 1 aromatic rings.